The molecule has 0 fully saturated rings. The van der Waals surface area contributed by atoms with Gasteiger partial charge in [-0.3, -0.25) is 4.79 Å². The van der Waals surface area contributed by atoms with Gasteiger partial charge in [0.15, 0.2) is 5.38 Å². The lowest BCUT2D eigenvalue weighted by Gasteiger charge is -2.12. The minimum absolute atomic E-state index is 0.354. The highest BCUT2D eigenvalue weighted by molar-refractivity contribution is 6.30. The molecule has 0 aliphatic rings. The summed E-state index contributed by atoms with van der Waals surface area (Å²) < 4.78 is 4.88. The maximum atomic E-state index is 11.5. The summed E-state index contributed by atoms with van der Waals surface area (Å²) >= 11 is 6.04. The fourth-order valence-electron chi connectivity index (χ4n) is 1.38. The first kappa shape index (κ1) is 12.1. The molecule has 0 aromatic heterocycles. The molecule has 0 amide bonds. The van der Waals surface area contributed by atoms with Gasteiger partial charge in [0, 0.05) is 0 Å². The van der Waals surface area contributed by atoms with Crippen molar-refractivity contribution in [3.05, 3.63) is 34.9 Å². The van der Waals surface area contributed by atoms with Crippen LogP contribution in [0.4, 0.5) is 0 Å². The highest BCUT2D eigenvalue weighted by Crippen LogP contribution is 2.26. The van der Waals surface area contributed by atoms with Crippen LogP contribution in [0.1, 0.15) is 29.0 Å². The van der Waals surface area contributed by atoms with Gasteiger partial charge in [0.25, 0.3) is 0 Å². The molecular weight excluding hydrogens is 212 g/mol. The molecule has 1 atom stereocenters. The smallest absolute Gasteiger partial charge is 0.328 e. The Hall–Kier alpha value is -1.02. The second-order valence-electron chi connectivity index (χ2n) is 3.47. The van der Waals surface area contributed by atoms with Gasteiger partial charge >= 0.3 is 5.97 Å². The van der Waals surface area contributed by atoms with Crippen molar-refractivity contribution in [3.8, 4) is 0 Å². The van der Waals surface area contributed by atoms with E-state index in [9.17, 15) is 4.79 Å². The fraction of sp³-hybridized carbons (Fsp3) is 0.417. The van der Waals surface area contributed by atoms with Crippen LogP contribution in [0.5, 0.6) is 0 Å². The number of hydrogen-bond donors (Lipinski definition) is 0. The molecule has 0 heterocycles. The molecule has 2 nitrogen and oxygen atoms in total. The Labute approximate surface area is 95.2 Å². The zero-order valence-corrected chi connectivity index (χ0v) is 9.97. The van der Waals surface area contributed by atoms with Crippen LogP contribution in [0.25, 0.3) is 0 Å². The van der Waals surface area contributed by atoms with Crippen LogP contribution in [0.2, 0.25) is 0 Å². The van der Waals surface area contributed by atoms with Gasteiger partial charge in [-0.25, -0.2) is 0 Å². The summed E-state index contributed by atoms with van der Waals surface area (Å²) in [4.78, 5) is 11.5. The molecule has 0 saturated heterocycles. The summed E-state index contributed by atoms with van der Waals surface area (Å²) in [6, 6.07) is 5.87. The predicted molar refractivity (Wildman–Crippen MR) is 61.1 cm³/mol. The van der Waals surface area contributed by atoms with Crippen molar-refractivity contribution in [3.63, 3.8) is 0 Å². The lowest BCUT2D eigenvalue weighted by molar-refractivity contribution is -0.142. The highest BCUT2D eigenvalue weighted by atomic mass is 35.5. The van der Waals surface area contributed by atoms with Crippen molar-refractivity contribution in [2.75, 3.05) is 6.61 Å². The molecule has 1 aromatic carbocycles. The molecule has 0 bridgehead atoms. The molecule has 1 unspecified atom stereocenters. The summed E-state index contributed by atoms with van der Waals surface area (Å²) in [5, 5.41) is -0.704. The molecule has 82 valence electrons. The van der Waals surface area contributed by atoms with Crippen LogP contribution in [0.15, 0.2) is 18.2 Å². The first-order valence-corrected chi connectivity index (χ1v) is 5.37. The molecule has 0 N–H and O–H groups in total. The van der Waals surface area contributed by atoms with Gasteiger partial charge in [0.05, 0.1) is 6.61 Å². The molecule has 0 aliphatic carbocycles. The third-order valence-corrected chi connectivity index (χ3v) is 2.61. The third-order valence-electron chi connectivity index (χ3n) is 2.20. The number of benzene rings is 1. The van der Waals surface area contributed by atoms with Gasteiger partial charge in [-0.1, -0.05) is 23.8 Å². The van der Waals surface area contributed by atoms with E-state index < -0.39 is 5.38 Å². The van der Waals surface area contributed by atoms with Gasteiger partial charge in [-0.15, -0.1) is 11.6 Å². The maximum Gasteiger partial charge on any atom is 0.328 e. The Morgan fingerprint density at radius 1 is 1.47 bits per heavy atom. The Kier molecular flexibility index (Phi) is 4.15. The average Bonchev–Trinajstić information content (AvgIpc) is 2.21. The Morgan fingerprint density at radius 3 is 2.73 bits per heavy atom. The Bertz CT molecular complexity index is 361. The van der Waals surface area contributed by atoms with Crippen LogP contribution in [-0.2, 0) is 9.53 Å². The molecular formula is C12H15ClO2. The van der Waals surface area contributed by atoms with E-state index >= 15 is 0 Å². The van der Waals surface area contributed by atoms with E-state index in [1.807, 2.05) is 32.0 Å². The molecule has 15 heavy (non-hydrogen) atoms. The van der Waals surface area contributed by atoms with E-state index in [0.717, 1.165) is 16.7 Å². The normalized spacial score (nSPS) is 12.3. The van der Waals surface area contributed by atoms with Gasteiger partial charge in [0.1, 0.15) is 0 Å². The highest BCUT2D eigenvalue weighted by Gasteiger charge is 2.20. The first-order valence-electron chi connectivity index (χ1n) is 4.94. The monoisotopic (exact) mass is 226 g/mol. The number of hydrogen-bond acceptors (Lipinski definition) is 2. The maximum absolute atomic E-state index is 11.5. The number of carbonyl (C=O) groups is 1. The first-order chi connectivity index (χ1) is 7.06. The fourth-order valence-corrected chi connectivity index (χ4v) is 1.67. The van der Waals surface area contributed by atoms with Crippen molar-refractivity contribution in [1.82, 2.24) is 0 Å². The van der Waals surface area contributed by atoms with Gasteiger partial charge in [-0.05, 0) is 31.9 Å². The minimum atomic E-state index is -0.704. The zero-order chi connectivity index (χ0) is 11.4. The number of ether oxygens (including phenoxy) is 1. The molecule has 1 aromatic rings. The van der Waals surface area contributed by atoms with Crippen LogP contribution in [-0.4, -0.2) is 12.6 Å². The lowest BCUT2D eigenvalue weighted by Crippen LogP contribution is -2.12. The van der Waals surface area contributed by atoms with E-state index in [1.54, 1.807) is 6.92 Å². The summed E-state index contributed by atoms with van der Waals surface area (Å²) in [6.45, 7) is 6.03. The van der Waals surface area contributed by atoms with E-state index in [0.29, 0.717) is 6.61 Å². The van der Waals surface area contributed by atoms with Crippen molar-refractivity contribution in [2.45, 2.75) is 26.1 Å². The van der Waals surface area contributed by atoms with Crippen molar-refractivity contribution in [2.24, 2.45) is 0 Å². The topological polar surface area (TPSA) is 26.3 Å². The predicted octanol–water partition coefficient (Wildman–Crippen LogP) is 3.15. The van der Waals surface area contributed by atoms with E-state index in [2.05, 4.69) is 0 Å². The molecule has 1 rings (SSSR count). The van der Waals surface area contributed by atoms with Gasteiger partial charge < -0.3 is 4.74 Å². The number of aryl methyl sites for hydroxylation is 2. The number of halogens is 1. The average molecular weight is 227 g/mol. The third kappa shape index (κ3) is 2.96. The summed E-state index contributed by atoms with van der Waals surface area (Å²) in [7, 11) is 0. The van der Waals surface area contributed by atoms with Crippen molar-refractivity contribution >= 4 is 17.6 Å². The molecule has 3 heteroatoms. The minimum Gasteiger partial charge on any atom is -0.465 e. The lowest BCUT2D eigenvalue weighted by atomic mass is 10.0. The Morgan fingerprint density at radius 2 is 2.13 bits per heavy atom. The van der Waals surface area contributed by atoms with Gasteiger partial charge in [-0.2, -0.15) is 0 Å². The van der Waals surface area contributed by atoms with E-state index in [1.165, 1.54) is 0 Å². The van der Waals surface area contributed by atoms with Crippen LogP contribution in [0.3, 0.4) is 0 Å². The molecule has 0 spiro atoms. The van der Waals surface area contributed by atoms with Crippen LogP contribution >= 0.6 is 11.6 Å². The number of rotatable bonds is 3. The summed E-state index contributed by atoms with van der Waals surface area (Å²) in [6.07, 6.45) is 0. The van der Waals surface area contributed by atoms with Crippen molar-refractivity contribution in [1.29, 1.82) is 0 Å². The SMILES string of the molecule is CCOC(=O)C(Cl)c1cc(C)ccc1C. The largest absolute Gasteiger partial charge is 0.465 e. The second-order valence-corrected chi connectivity index (χ2v) is 3.91. The molecule has 0 radical (unpaired) electrons. The zero-order valence-electron chi connectivity index (χ0n) is 9.21. The number of esters is 1. The Balaban J connectivity index is 2.94. The quantitative estimate of drug-likeness (QED) is 0.585. The van der Waals surface area contributed by atoms with E-state index in [-0.39, 0.29) is 5.97 Å². The summed E-state index contributed by atoms with van der Waals surface area (Å²) in [5.41, 5.74) is 2.93. The van der Waals surface area contributed by atoms with Crippen molar-refractivity contribution < 1.29 is 9.53 Å². The molecule has 0 saturated carbocycles. The number of alkyl halides is 1. The van der Waals surface area contributed by atoms with E-state index in [4.69, 9.17) is 16.3 Å². The standard InChI is InChI=1S/C12H15ClO2/c1-4-15-12(14)11(13)10-7-8(2)5-6-9(10)3/h5-7,11H,4H2,1-3H3. The van der Waals surface area contributed by atoms with Crippen LogP contribution in [0, 0.1) is 13.8 Å². The van der Waals surface area contributed by atoms with Crippen LogP contribution < -0.4 is 0 Å². The van der Waals surface area contributed by atoms with Gasteiger partial charge in [0.2, 0.25) is 0 Å². The molecule has 0 aliphatic heterocycles. The summed E-state index contributed by atoms with van der Waals surface area (Å²) in [5.74, 6) is -0.382. The second kappa shape index (κ2) is 5.17. The number of carbonyl (C=O) groups excluding carboxylic acids is 1.